The van der Waals surface area contributed by atoms with Crippen molar-refractivity contribution in [3.8, 4) is 0 Å². The van der Waals surface area contributed by atoms with Crippen molar-refractivity contribution in [2.24, 2.45) is 0 Å². The minimum absolute atomic E-state index is 0.0121. The Labute approximate surface area is 747 Å². The summed E-state index contributed by atoms with van der Waals surface area (Å²) in [5.41, 5.74) is 5.95. The molecule has 0 aliphatic heterocycles. The molecule has 6 aromatic carbocycles. The van der Waals surface area contributed by atoms with Crippen molar-refractivity contribution in [1.82, 2.24) is 0 Å². The summed E-state index contributed by atoms with van der Waals surface area (Å²) in [6, 6.07) is 57.0. The van der Waals surface area contributed by atoms with Crippen molar-refractivity contribution in [3.05, 3.63) is 215 Å². The zero-order valence-electron chi connectivity index (χ0n) is 62.0. The van der Waals surface area contributed by atoms with Crippen LogP contribution in [0, 0.1) is 0 Å². The van der Waals surface area contributed by atoms with Gasteiger partial charge in [-0.15, -0.1) is 141 Å². The van der Waals surface area contributed by atoms with Crippen molar-refractivity contribution in [3.63, 3.8) is 0 Å². The summed E-state index contributed by atoms with van der Waals surface area (Å²) in [6.45, 7) is 3.65. The lowest BCUT2D eigenvalue weighted by molar-refractivity contribution is -0.360. The number of rotatable bonds is 43. The minimum atomic E-state index is -3.60. The van der Waals surface area contributed by atoms with Crippen molar-refractivity contribution < 1.29 is 85.8 Å². The molecule has 608 valence electrons. The maximum Gasteiger partial charge on any atom is 0.423 e. The fraction of sp³-hybridized carbons (Fsp3) is 0.346. The van der Waals surface area contributed by atoms with E-state index >= 15 is 14.4 Å². The predicted octanol–water partition coefficient (Wildman–Crippen LogP) is 20.1. The molecule has 0 aliphatic carbocycles. The Morgan fingerprint density at radius 1 is 0.246 bits per heavy atom. The second-order valence-corrected chi connectivity index (χ2v) is 43.3. The van der Waals surface area contributed by atoms with E-state index < -0.39 is 122 Å². The molecule has 36 heteroatoms. The summed E-state index contributed by atoms with van der Waals surface area (Å²) >= 11 is 48.4. The minimum Gasteiger partial charge on any atom is -0.412 e. The molecule has 6 aromatic rings. The van der Waals surface area contributed by atoms with E-state index in [-0.39, 0.29) is 34.5 Å². The van der Waals surface area contributed by atoms with E-state index in [9.17, 15) is 28.8 Å². The summed E-state index contributed by atoms with van der Waals surface area (Å²) < 4.78 is 55.1. The quantitative estimate of drug-likeness (QED) is 0.0150. The van der Waals surface area contributed by atoms with Crippen LogP contribution in [0.25, 0.3) is 0 Å². The van der Waals surface area contributed by atoms with E-state index in [1.165, 1.54) is 70.6 Å². The highest BCUT2D eigenvalue weighted by atomic mass is 32.3. The normalized spacial score (nSPS) is 11.4. The molecule has 0 radical (unpaired) electrons. The lowest BCUT2D eigenvalue weighted by atomic mass is 10.2. The number of thioether (sulfide) groups is 12. The van der Waals surface area contributed by atoms with E-state index in [0.717, 1.165) is 132 Å². The van der Waals surface area contributed by atoms with Crippen LogP contribution in [-0.2, 0) is 120 Å². The molecule has 6 rings (SSSR count). The molecule has 0 fully saturated rings. The number of ether oxygens (including phenoxy) is 9. The highest BCUT2D eigenvalue weighted by Crippen LogP contribution is 2.36. The van der Waals surface area contributed by atoms with Gasteiger partial charge in [-0.05, 0) is 33.4 Å². The second kappa shape index (κ2) is 53.7. The molecule has 0 aliphatic rings. The van der Waals surface area contributed by atoms with Crippen LogP contribution >= 0.6 is 214 Å². The highest BCUT2D eigenvalue weighted by molar-refractivity contribution is 8.49. The summed E-state index contributed by atoms with van der Waals surface area (Å²) in [4.78, 5) is 131. The average Bonchev–Trinajstić information content (AvgIpc) is 0.779. The molecule has 0 N–H and O–H groups in total. The van der Waals surface area contributed by atoms with Gasteiger partial charge >= 0.3 is 77.1 Å². The van der Waals surface area contributed by atoms with E-state index in [4.69, 9.17) is 116 Å². The van der Waals surface area contributed by atoms with E-state index in [2.05, 4.69) is 0 Å². The van der Waals surface area contributed by atoms with Crippen molar-refractivity contribution in [2.45, 2.75) is 130 Å². The van der Waals surface area contributed by atoms with Gasteiger partial charge in [-0.25, -0.2) is 14.4 Å². The Hall–Kier alpha value is -4.71. The lowest BCUT2D eigenvalue weighted by Gasteiger charge is -2.37. The molecule has 0 bridgehead atoms. The van der Waals surface area contributed by atoms with Gasteiger partial charge in [-0.2, -0.15) is 0 Å². The molecule has 114 heavy (non-hydrogen) atoms. The highest BCUT2D eigenvalue weighted by Gasteiger charge is 2.58. The standard InChI is InChI=1S/C78H80O18S18/c1-5-78(94-66(85)75(2,88-60(79)36-42-103-69(97)109-48-54-24-12-6-13-25-54)89-61(80)37-43-104-70(98)110-49-55-26-14-7-15-27-55,95-67(86)76(3,90-62(81)38-44-105-71(99)111-50-56-28-16-8-17-29-56)91-63(82)39-45-106-72(100)112-51-57-30-18-9-19-31-57)96-68(87)77(4,92-64(83)40-46-107-73(101)113-52-58-32-20-10-21-33-58)93-65(84)41-47-108-74(102)114-53-59-34-22-11-23-35-59/h6-35H,5,36-53H2,1-4H3. The number of thiocarbonyl (C=S) groups is 6. The van der Waals surface area contributed by atoms with Gasteiger partial charge in [-0.1, -0.05) is 262 Å². The Morgan fingerprint density at radius 2 is 0.395 bits per heavy atom. The third kappa shape index (κ3) is 39.4. The van der Waals surface area contributed by atoms with Gasteiger partial charge in [0.15, 0.2) is 0 Å². The van der Waals surface area contributed by atoms with Crippen molar-refractivity contribution >= 4 is 289 Å². The van der Waals surface area contributed by atoms with Crippen LogP contribution in [0.15, 0.2) is 182 Å². The summed E-state index contributed by atoms with van der Waals surface area (Å²) in [6.07, 6.45) is -3.78. The summed E-state index contributed by atoms with van der Waals surface area (Å²) in [5, 5.41) is 0. The molecule has 18 nitrogen and oxygen atoms in total. The zero-order valence-corrected chi connectivity index (χ0v) is 76.6. The number of carbonyl (C=O) groups is 9. The van der Waals surface area contributed by atoms with E-state index in [1.54, 1.807) is 0 Å². The SMILES string of the molecule is CCC(OC(=O)C(C)(OC(=O)CCSC(=S)SCc1ccccc1)OC(=O)CCSC(=S)SCc1ccccc1)(OC(=O)C(C)(OC(=O)CCSC(=S)SCc1ccccc1)OC(=O)CCSC(=S)SCc1ccccc1)OC(=O)C(C)(OC(=O)CCSC(=S)SCc1ccccc1)OC(=O)CCSC(=S)SCc1ccccc1. The molecule has 0 heterocycles. The summed E-state index contributed by atoms with van der Waals surface area (Å²) in [5.74, 6) is -22.7. The first-order valence-electron chi connectivity index (χ1n) is 34.7. The smallest absolute Gasteiger partial charge is 0.412 e. The van der Waals surface area contributed by atoms with Crippen molar-refractivity contribution in [1.29, 1.82) is 0 Å². The number of esters is 9. The topological polar surface area (TPSA) is 237 Å². The van der Waals surface area contributed by atoms with Gasteiger partial charge in [0, 0.05) is 89.8 Å². The number of hydrogen-bond donors (Lipinski definition) is 0. The lowest BCUT2D eigenvalue weighted by Crippen LogP contribution is -2.57. The number of benzene rings is 6. The monoisotopic (exact) mass is 1880 g/mol. The third-order valence-electron chi connectivity index (χ3n) is 14.5. The van der Waals surface area contributed by atoms with Gasteiger partial charge < -0.3 is 42.6 Å². The Bertz CT molecular complexity index is 3550. The molecule has 0 amide bonds. The van der Waals surface area contributed by atoms with Crippen LogP contribution in [-0.4, -0.2) is 133 Å². The molecule has 0 spiro atoms. The van der Waals surface area contributed by atoms with Crippen LogP contribution in [0.4, 0.5) is 0 Å². The maximum absolute atomic E-state index is 15.5. The average molecular weight is 1880 g/mol. The van der Waals surface area contributed by atoms with Crippen LogP contribution < -0.4 is 0 Å². The van der Waals surface area contributed by atoms with Gasteiger partial charge in [0.1, 0.15) is 21.2 Å². The molecule has 0 saturated carbocycles. The Kier molecular flexibility index (Phi) is 46.3. The molecular weight excluding hydrogens is 1800 g/mol. The van der Waals surface area contributed by atoms with Gasteiger partial charge in [0.25, 0.3) is 0 Å². The molecular formula is C78H80O18S18. The van der Waals surface area contributed by atoms with E-state index in [0.29, 0.717) is 55.7 Å². The third-order valence-corrected chi connectivity index (χ3v) is 31.1. The zero-order chi connectivity index (χ0) is 82.6. The van der Waals surface area contributed by atoms with Crippen molar-refractivity contribution in [2.75, 3.05) is 34.5 Å². The first-order valence-corrected chi connectivity index (χ1v) is 48.9. The van der Waals surface area contributed by atoms with Gasteiger partial charge in [0.2, 0.25) is 0 Å². The van der Waals surface area contributed by atoms with E-state index in [1.807, 2.05) is 182 Å². The van der Waals surface area contributed by atoms with Gasteiger partial charge in [0.05, 0.1) is 44.9 Å². The predicted molar refractivity (Wildman–Crippen MR) is 498 cm³/mol. The Balaban J connectivity index is 1.35. The molecule has 0 atom stereocenters. The largest absolute Gasteiger partial charge is 0.423 e. The summed E-state index contributed by atoms with van der Waals surface area (Å²) in [7, 11) is 0. The van der Waals surface area contributed by atoms with Gasteiger partial charge in [-0.3, -0.25) is 28.8 Å². The molecule has 0 saturated heterocycles. The first-order chi connectivity index (χ1) is 54.6. The van der Waals surface area contributed by atoms with Crippen LogP contribution in [0.5, 0.6) is 0 Å². The fourth-order valence-electron chi connectivity index (χ4n) is 8.76. The van der Waals surface area contributed by atoms with Crippen LogP contribution in [0.3, 0.4) is 0 Å². The Morgan fingerprint density at radius 3 is 0.535 bits per heavy atom. The maximum atomic E-state index is 15.5. The number of hydrogen-bond acceptors (Lipinski definition) is 36. The second-order valence-electron chi connectivity index (χ2n) is 23.6. The molecule has 0 unspecified atom stereocenters. The molecule has 0 aromatic heterocycles. The van der Waals surface area contributed by atoms with Crippen LogP contribution in [0.2, 0.25) is 0 Å². The first kappa shape index (κ1) is 98.1. The fourth-order valence-corrected chi connectivity index (χ4v) is 21.4. The van der Waals surface area contributed by atoms with Crippen LogP contribution in [0.1, 0.15) is 106 Å². The number of carbonyl (C=O) groups excluding carboxylic acids is 9.